The van der Waals surface area contributed by atoms with Crippen LogP contribution in [0.15, 0.2) is 17.1 Å². The number of likely N-dealkylation sites (N-methyl/N-ethyl adjacent to an activating group) is 1. The van der Waals surface area contributed by atoms with Gasteiger partial charge in [-0.2, -0.15) is 4.98 Å². The van der Waals surface area contributed by atoms with Crippen molar-refractivity contribution in [1.29, 1.82) is 0 Å². The van der Waals surface area contributed by atoms with Gasteiger partial charge < -0.3 is 44.0 Å². The van der Waals surface area contributed by atoms with Crippen molar-refractivity contribution in [1.82, 2.24) is 9.55 Å². The number of aliphatic hydroxyl groups is 2. The molecule has 1 aliphatic rings. The number of phosphoric acid groups is 2. The summed E-state index contributed by atoms with van der Waals surface area (Å²) in [4.78, 5) is 39.4. The van der Waals surface area contributed by atoms with Crippen LogP contribution in [0.4, 0.5) is 5.82 Å². The van der Waals surface area contributed by atoms with E-state index in [0.29, 0.717) is 0 Å². The fourth-order valence-electron chi connectivity index (χ4n) is 2.34. The maximum Gasteiger partial charge on any atom is 1.00 e. The van der Waals surface area contributed by atoms with Crippen LogP contribution in [0, 0.1) is 0 Å². The van der Waals surface area contributed by atoms with Crippen molar-refractivity contribution < 1.29 is 93.6 Å². The third-order valence-electron chi connectivity index (χ3n) is 3.74. The van der Waals surface area contributed by atoms with Crippen LogP contribution in [-0.4, -0.2) is 83.2 Å². The summed E-state index contributed by atoms with van der Waals surface area (Å²) in [6, 6.07) is 1.16. The van der Waals surface area contributed by atoms with E-state index in [2.05, 4.69) is 18.3 Å². The Morgan fingerprint density at radius 3 is 2.50 bits per heavy atom. The van der Waals surface area contributed by atoms with Gasteiger partial charge in [0.25, 0.3) is 15.6 Å². The Morgan fingerprint density at radius 2 is 1.91 bits per heavy atom. The number of anilines is 1. The zero-order chi connectivity index (χ0) is 31.1. The summed E-state index contributed by atoms with van der Waals surface area (Å²) in [7, 11) is -11.8. The van der Waals surface area contributed by atoms with E-state index in [1.165, 1.54) is 0 Å². The predicted molar refractivity (Wildman–Crippen MR) is 99.9 cm³/mol. The minimum atomic E-state index is -5.95. The summed E-state index contributed by atoms with van der Waals surface area (Å²) in [5.41, 5.74) is 4.37. The average molecular weight is 519 g/mol. The summed E-state index contributed by atoms with van der Waals surface area (Å²) in [5, 5.41) is 20.3. The van der Waals surface area contributed by atoms with Crippen molar-refractivity contribution in [3.05, 3.63) is 22.7 Å². The number of nitrogens with zero attached hydrogens (tertiary/aromatic N) is 3. The Kier molecular flexibility index (Phi) is 6.49. The third kappa shape index (κ3) is 8.85. The second-order valence-electron chi connectivity index (χ2n) is 6.23. The van der Waals surface area contributed by atoms with Crippen LogP contribution in [0.25, 0.3) is 0 Å². The second kappa shape index (κ2) is 11.5. The molecule has 178 valence electrons. The molecule has 0 radical (unpaired) electrons. The minimum Gasteiger partial charge on any atom is -0.756 e. The molecule has 0 aliphatic carbocycles. The van der Waals surface area contributed by atoms with Gasteiger partial charge in [-0.25, -0.2) is 9.11 Å². The van der Waals surface area contributed by atoms with E-state index in [1.54, 1.807) is 0 Å². The van der Waals surface area contributed by atoms with E-state index >= 15 is 0 Å². The first-order chi connectivity index (χ1) is 17.9. The number of hydrogen-bond donors (Lipinski definition) is 3. The third-order valence-corrected chi connectivity index (χ3v) is 6.30. The van der Waals surface area contributed by atoms with Crippen molar-refractivity contribution >= 4 is 21.5 Å². The van der Waals surface area contributed by atoms with Crippen LogP contribution in [0.2, 0.25) is 0 Å². The van der Waals surface area contributed by atoms with Gasteiger partial charge >= 0.3 is 35.2 Å². The Bertz CT molecular complexity index is 1180. The fourth-order valence-corrected chi connectivity index (χ4v) is 4.33. The molecular formula is C14H25N4NaO11P2. The molecule has 2 heterocycles. The normalized spacial score (nSPS) is 32.7. The van der Waals surface area contributed by atoms with E-state index in [9.17, 15) is 33.9 Å². The monoisotopic (exact) mass is 519 g/mol. The zero-order valence-electron chi connectivity index (χ0n) is 25.5. The van der Waals surface area contributed by atoms with Crippen LogP contribution in [0.3, 0.4) is 0 Å². The maximum absolute atomic E-state index is 12.1. The number of ether oxygens (including phenoxy) is 1. The summed E-state index contributed by atoms with van der Waals surface area (Å²) in [5.74, 6) is -0.164. The molecule has 0 saturated carbocycles. The fraction of sp³-hybridized carbons (Fsp3) is 0.714. The number of phosphoric ester groups is 2. The summed E-state index contributed by atoms with van der Waals surface area (Å²) in [6.45, 7) is -15.2. The topological polar surface area (TPSA) is 219 Å². The molecule has 6 atom stereocenters. The summed E-state index contributed by atoms with van der Waals surface area (Å²) >= 11 is 0. The van der Waals surface area contributed by atoms with Gasteiger partial charge in [-0.05, 0) is 6.07 Å². The molecule has 1 aromatic heterocycles. The molecule has 32 heavy (non-hydrogen) atoms. The van der Waals surface area contributed by atoms with Crippen LogP contribution < -0.4 is 50.8 Å². The zero-order valence-corrected chi connectivity index (χ0v) is 20.3. The Labute approximate surface area is 218 Å². The minimum absolute atomic E-state index is 0. The second-order valence-corrected chi connectivity index (χ2v) is 9.19. The molecule has 2 unspecified atom stereocenters. The van der Waals surface area contributed by atoms with E-state index < -0.39 is 91.0 Å². The van der Waals surface area contributed by atoms with E-state index in [4.69, 9.17) is 22.8 Å². The maximum atomic E-state index is 12.1. The van der Waals surface area contributed by atoms with Gasteiger partial charge in [-0.1, -0.05) is 0 Å². The van der Waals surface area contributed by atoms with E-state index in [-0.39, 0.29) is 35.4 Å². The molecular weight excluding hydrogens is 485 g/mol. The van der Waals surface area contributed by atoms with Gasteiger partial charge in [-0.3, -0.25) is 13.7 Å². The molecule has 0 bridgehead atoms. The first kappa shape index (κ1) is 18.1. The SMILES string of the molecule is [2H]C([2H])([2H])[N+](CCOP(=O)([O-])OP(=O)([O-])OC[C@H]1O[C@@H](n2ccc(N)nc2=O)[C@H](O)[C@@H]1O)(C([2H])([2H])[2H])C([2H])([2H])[2H].[Na+]. The van der Waals surface area contributed by atoms with E-state index in [1.807, 2.05) is 0 Å². The number of aromatic nitrogens is 2. The number of rotatable bonds is 10. The van der Waals surface area contributed by atoms with Crippen molar-refractivity contribution in [3.8, 4) is 0 Å². The van der Waals surface area contributed by atoms with Gasteiger partial charge in [0.2, 0.25) is 0 Å². The van der Waals surface area contributed by atoms with Gasteiger partial charge in [-0.15, -0.1) is 0 Å². The number of nitrogens with two attached hydrogens (primary N) is 1. The number of quaternary nitrogens is 1. The molecule has 18 heteroatoms. The van der Waals surface area contributed by atoms with Crippen LogP contribution >= 0.6 is 15.6 Å². The molecule has 15 nitrogen and oxygen atoms in total. The van der Waals surface area contributed by atoms with Crippen molar-refractivity contribution in [3.63, 3.8) is 0 Å². The standard InChI is InChI=1S/C14H26N4O11P2.Na/c1-18(2,3)6-7-26-30(22,23)29-31(24,25)27-8-9-11(19)12(20)13(28-9)17-5-4-10(15)16-14(17)21;/h4-5,9,11-13,19-20H,6-8H2,1-3H3,(H3-,15,16,21,22,23,24,25);/q;+1/p-1/t9-,11-,12-,13-;/m1./s1/i1D3,2D3,3D3;. The largest absolute Gasteiger partial charge is 1.00 e. The Balaban J connectivity index is 0.00000840. The molecule has 4 N–H and O–H groups in total. The molecule has 1 fully saturated rings. The summed E-state index contributed by atoms with van der Waals surface area (Å²) < 4.78 is 107. The number of aliphatic hydroxyl groups excluding tert-OH is 2. The molecule has 0 amide bonds. The smallest absolute Gasteiger partial charge is 0.756 e. The quantitative estimate of drug-likeness (QED) is 0.149. The van der Waals surface area contributed by atoms with Crippen LogP contribution in [0.5, 0.6) is 0 Å². The molecule has 0 spiro atoms. The first-order valence-corrected chi connectivity index (χ1v) is 11.1. The van der Waals surface area contributed by atoms with Crippen LogP contribution in [0.1, 0.15) is 18.6 Å². The van der Waals surface area contributed by atoms with E-state index in [0.717, 1.165) is 16.8 Å². The van der Waals surface area contributed by atoms with Gasteiger partial charge in [0.05, 0.1) is 39.9 Å². The number of hydrogen-bond acceptors (Lipinski definition) is 13. The summed E-state index contributed by atoms with van der Waals surface area (Å²) in [6.07, 6.45) is -5.81. The van der Waals surface area contributed by atoms with Gasteiger partial charge in [0.15, 0.2) is 6.23 Å². The number of nitrogen functional groups attached to an aromatic ring is 1. The molecule has 1 aromatic rings. The van der Waals surface area contributed by atoms with Crippen molar-refractivity contribution in [2.75, 3.05) is 46.4 Å². The Hall–Kier alpha value is -0.220. The van der Waals surface area contributed by atoms with Gasteiger partial charge in [0, 0.05) is 6.20 Å². The Morgan fingerprint density at radius 1 is 1.28 bits per heavy atom. The van der Waals surface area contributed by atoms with Crippen molar-refractivity contribution in [2.45, 2.75) is 24.5 Å². The predicted octanol–water partition coefficient (Wildman–Crippen LogP) is -5.86. The molecule has 1 aliphatic heterocycles. The molecule has 0 aromatic carbocycles. The first-order valence-electron chi connectivity index (χ1n) is 12.7. The molecule has 2 rings (SSSR count). The average Bonchev–Trinajstić information content (AvgIpc) is 3.00. The van der Waals surface area contributed by atoms with Gasteiger partial charge in [0.1, 0.15) is 37.3 Å². The molecule has 1 saturated heterocycles. The van der Waals surface area contributed by atoms with Crippen molar-refractivity contribution in [2.24, 2.45) is 0 Å². The van der Waals surface area contributed by atoms with Crippen LogP contribution in [-0.2, 0) is 27.2 Å².